The van der Waals surface area contributed by atoms with E-state index in [4.69, 9.17) is 16.6 Å². The Morgan fingerprint density at radius 1 is 1.14 bits per heavy atom. The Labute approximate surface area is 228 Å². The van der Waals surface area contributed by atoms with Crippen molar-refractivity contribution in [3.8, 4) is 11.3 Å². The van der Waals surface area contributed by atoms with Gasteiger partial charge in [-0.1, -0.05) is 69.6 Å². The van der Waals surface area contributed by atoms with E-state index in [-0.39, 0.29) is 11.8 Å². The predicted molar refractivity (Wildman–Crippen MR) is 155 cm³/mol. The number of benzene rings is 2. The molecule has 0 fully saturated rings. The zero-order chi connectivity index (χ0) is 26.7. The van der Waals surface area contributed by atoms with Crippen molar-refractivity contribution in [1.29, 1.82) is 0 Å². The SMILES string of the molecule is CCc1cccc(CC)c1N1C(CC(C)C)=C(C(=O)NC)C=C(c2nc(-c3ccc(Cl)cc3)cs2)C1O. The quantitative estimate of drug-likeness (QED) is 0.331. The molecule has 0 radical (unpaired) electrons. The van der Waals surface area contributed by atoms with E-state index in [2.05, 4.69) is 51.2 Å². The molecule has 0 aliphatic carbocycles. The fourth-order valence-electron chi connectivity index (χ4n) is 4.77. The Morgan fingerprint density at radius 2 is 1.78 bits per heavy atom. The van der Waals surface area contributed by atoms with E-state index in [1.54, 1.807) is 7.05 Å². The van der Waals surface area contributed by atoms with Gasteiger partial charge < -0.3 is 15.3 Å². The Kier molecular flexibility index (Phi) is 8.53. The first-order valence-electron chi connectivity index (χ1n) is 12.8. The third-order valence-corrected chi connectivity index (χ3v) is 7.74. The van der Waals surface area contributed by atoms with Crippen LogP contribution in [0.5, 0.6) is 0 Å². The number of amides is 1. The number of nitrogens with one attached hydrogen (secondary N) is 1. The van der Waals surface area contributed by atoms with Gasteiger partial charge in [-0.2, -0.15) is 0 Å². The van der Waals surface area contributed by atoms with Gasteiger partial charge in [0, 0.05) is 40.0 Å². The van der Waals surface area contributed by atoms with Crippen LogP contribution in [0.4, 0.5) is 5.69 Å². The average Bonchev–Trinajstić information content (AvgIpc) is 3.38. The number of aliphatic hydroxyl groups excluding tert-OH is 1. The summed E-state index contributed by atoms with van der Waals surface area (Å²) in [6, 6.07) is 13.8. The van der Waals surface area contributed by atoms with Gasteiger partial charge in [-0.15, -0.1) is 11.3 Å². The van der Waals surface area contributed by atoms with Gasteiger partial charge in [0.05, 0.1) is 11.3 Å². The second-order valence-corrected chi connectivity index (χ2v) is 10.9. The van der Waals surface area contributed by atoms with E-state index in [0.29, 0.717) is 27.6 Å². The summed E-state index contributed by atoms with van der Waals surface area (Å²) in [7, 11) is 1.64. The lowest BCUT2D eigenvalue weighted by atomic mass is 9.92. The van der Waals surface area contributed by atoms with Crippen molar-refractivity contribution in [3.63, 3.8) is 0 Å². The van der Waals surface area contributed by atoms with E-state index in [1.807, 2.05) is 40.6 Å². The molecular formula is C30H34ClN3O2S. The standard InChI is InChI=1S/C30H34ClN3O2S/c1-6-19-9-8-10-20(7-2)27(19)34-26(15-18(3)4)23(28(35)32-5)16-24(30(34)36)29-33-25(17-37-29)21-11-13-22(31)14-12-21/h8-14,16-18,30,36H,6-7,15H2,1-5H3,(H,32,35). The maximum absolute atomic E-state index is 13.2. The lowest BCUT2D eigenvalue weighted by Gasteiger charge is -2.40. The maximum atomic E-state index is 13.2. The summed E-state index contributed by atoms with van der Waals surface area (Å²) >= 11 is 7.53. The number of carbonyl (C=O) groups excluding carboxylic acids is 1. The smallest absolute Gasteiger partial charge is 0.252 e. The van der Waals surface area contributed by atoms with Crippen molar-refractivity contribution in [2.24, 2.45) is 5.92 Å². The summed E-state index contributed by atoms with van der Waals surface area (Å²) in [6.45, 7) is 8.50. The minimum absolute atomic E-state index is 0.174. The number of carbonyl (C=O) groups is 1. The molecule has 0 saturated heterocycles. The lowest BCUT2D eigenvalue weighted by Crippen LogP contribution is -2.42. The molecule has 0 bridgehead atoms. The normalized spacial score (nSPS) is 15.8. The van der Waals surface area contributed by atoms with Crippen molar-refractivity contribution in [1.82, 2.24) is 10.3 Å². The monoisotopic (exact) mass is 535 g/mol. The molecule has 1 aromatic heterocycles. The number of aromatic nitrogens is 1. The van der Waals surface area contributed by atoms with Crippen molar-refractivity contribution in [3.05, 3.63) is 86.3 Å². The number of para-hydroxylation sites is 1. The van der Waals surface area contributed by atoms with Crippen molar-refractivity contribution >= 4 is 40.1 Å². The van der Waals surface area contributed by atoms with E-state index in [0.717, 1.165) is 46.6 Å². The summed E-state index contributed by atoms with van der Waals surface area (Å²) < 4.78 is 0. The van der Waals surface area contributed by atoms with Crippen LogP contribution in [0.3, 0.4) is 0 Å². The minimum Gasteiger partial charge on any atom is -0.369 e. The first kappa shape index (κ1) is 27.1. The van der Waals surface area contributed by atoms with Gasteiger partial charge in [-0.25, -0.2) is 4.98 Å². The Balaban J connectivity index is 1.93. The van der Waals surface area contributed by atoms with Gasteiger partial charge in [0.2, 0.25) is 0 Å². The minimum atomic E-state index is -0.982. The predicted octanol–water partition coefficient (Wildman–Crippen LogP) is 6.86. The van der Waals surface area contributed by atoms with Crippen LogP contribution in [-0.4, -0.2) is 29.3 Å². The third kappa shape index (κ3) is 5.52. The van der Waals surface area contributed by atoms with Gasteiger partial charge >= 0.3 is 0 Å². The highest BCUT2D eigenvalue weighted by atomic mass is 35.5. The molecule has 7 heteroatoms. The third-order valence-electron chi connectivity index (χ3n) is 6.59. The number of nitrogens with zero attached hydrogens (tertiary/aromatic N) is 2. The number of hydrogen-bond acceptors (Lipinski definition) is 5. The number of thiazole rings is 1. The highest BCUT2D eigenvalue weighted by Crippen LogP contribution is 2.42. The molecule has 1 amide bonds. The highest BCUT2D eigenvalue weighted by molar-refractivity contribution is 7.11. The van der Waals surface area contributed by atoms with Gasteiger partial charge in [-0.3, -0.25) is 4.79 Å². The van der Waals surface area contributed by atoms with Crippen molar-refractivity contribution < 1.29 is 9.90 Å². The van der Waals surface area contributed by atoms with E-state index in [1.165, 1.54) is 11.3 Å². The molecular weight excluding hydrogens is 502 g/mol. The van der Waals surface area contributed by atoms with Crippen LogP contribution in [0.15, 0.2) is 65.2 Å². The van der Waals surface area contributed by atoms with Crippen molar-refractivity contribution in [2.45, 2.75) is 53.2 Å². The Morgan fingerprint density at radius 3 is 2.35 bits per heavy atom. The first-order chi connectivity index (χ1) is 17.8. The topological polar surface area (TPSA) is 65.5 Å². The average molecular weight is 536 g/mol. The van der Waals surface area contributed by atoms with Crippen LogP contribution in [-0.2, 0) is 17.6 Å². The van der Waals surface area contributed by atoms with Crippen LogP contribution < -0.4 is 10.2 Å². The molecule has 1 aliphatic heterocycles. The molecule has 1 unspecified atom stereocenters. The molecule has 2 aromatic carbocycles. The van der Waals surface area contributed by atoms with E-state index >= 15 is 0 Å². The molecule has 37 heavy (non-hydrogen) atoms. The Bertz CT molecular complexity index is 1320. The largest absolute Gasteiger partial charge is 0.369 e. The molecule has 3 aromatic rings. The summed E-state index contributed by atoms with van der Waals surface area (Å²) in [5, 5.41) is 18.1. The molecule has 1 atom stereocenters. The van der Waals surface area contributed by atoms with Crippen LogP contribution in [0, 0.1) is 5.92 Å². The molecule has 2 N–H and O–H groups in total. The molecule has 1 aliphatic rings. The second kappa shape index (κ2) is 11.6. The number of hydrogen-bond donors (Lipinski definition) is 2. The molecule has 2 heterocycles. The Hall–Kier alpha value is -2.93. The number of rotatable bonds is 8. The summed E-state index contributed by atoms with van der Waals surface area (Å²) in [4.78, 5) is 20.1. The molecule has 5 nitrogen and oxygen atoms in total. The number of allylic oxidation sites excluding steroid dienone is 1. The molecule has 0 saturated carbocycles. The lowest BCUT2D eigenvalue weighted by molar-refractivity contribution is -0.116. The second-order valence-electron chi connectivity index (χ2n) is 9.56. The number of anilines is 1. The highest BCUT2D eigenvalue weighted by Gasteiger charge is 2.36. The zero-order valence-electron chi connectivity index (χ0n) is 22.0. The number of halogens is 1. The first-order valence-corrected chi connectivity index (χ1v) is 14.0. The summed E-state index contributed by atoms with van der Waals surface area (Å²) in [5.41, 5.74) is 7.01. The molecule has 194 valence electrons. The molecule has 0 spiro atoms. The summed E-state index contributed by atoms with van der Waals surface area (Å²) in [5.74, 6) is 0.112. The van der Waals surface area contributed by atoms with Gasteiger partial charge in [0.25, 0.3) is 5.91 Å². The fourth-order valence-corrected chi connectivity index (χ4v) is 5.76. The van der Waals surface area contributed by atoms with Crippen LogP contribution in [0.1, 0.15) is 50.3 Å². The summed E-state index contributed by atoms with van der Waals surface area (Å²) in [6.07, 6.45) is 3.12. The molecule has 4 rings (SSSR count). The van der Waals surface area contributed by atoms with E-state index < -0.39 is 6.23 Å². The maximum Gasteiger partial charge on any atom is 0.252 e. The van der Waals surface area contributed by atoms with Gasteiger partial charge in [0.15, 0.2) is 6.23 Å². The van der Waals surface area contributed by atoms with Crippen LogP contribution >= 0.6 is 22.9 Å². The fraction of sp³-hybridized carbons (Fsp3) is 0.333. The zero-order valence-corrected chi connectivity index (χ0v) is 23.6. The number of aryl methyl sites for hydroxylation is 2. The van der Waals surface area contributed by atoms with Crippen LogP contribution in [0.2, 0.25) is 5.02 Å². The number of likely N-dealkylation sites (N-methyl/N-ethyl adjacent to an activating group) is 1. The van der Waals surface area contributed by atoms with Gasteiger partial charge in [-0.05, 0) is 54.5 Å². The van der Waals surface area contributed by atoms with Gasteiger partial charge in [0.1, 0.15) is 5.01 Å². The van der Waals surface area contributed by atoms with Crippen LogP contribution in [0.25, 0.3) is 16.8 Å². The van der Waals surface area contributed by atoms with E-state index in [9.17, 15) is 9.90 Å². The van der Waals surface area contributed by atoms with Crippen molar-refractivity contribution in [2.75, 3.05) is 11.9 Å². The number of aliphatic hydroxyl groups is 1.